The number of esters is 1. The average Bonchev–Trinajstić information content (AvgIpc) is 2.42. The Hall–Kier alpha value is -2.11. The fourth-order valence-corrected chi connectivity index (χ4v) is 2.67. The minimum absolute atomic E-state index is 0.0754. The van der Waals surface area contributed by atoms with Crippen molar-refractivity contribution in [3.63, 3.8) is 0 Å². The molecule has 0 spiro atoms. The third kappa shape index (κ3) is 3.51. The molecule has 1 fully saturated rings. The van der Waals surface area contributed by atoms with Crippen molar-refractivity contribution in [2.24, 2.45) is 11.8 Å². The van der Waals surface area contributed by atoms with Crippen LogP contribution in [0.5, 0.6) is 0 Å². The molecule has 2 rings (SSSR count). The van der Waals surface area contributed by atoms with Crippen molar-refractivity contribution in [1.29, 1.82) is 0 Å². The SMILES string of the molecule is CC1CCC(OC(=O)c2ccc([N+](=O)[O-])cc2N)CC1C. The number of ether oxygens (including phenoxy) is 1. The van der Waals surface area contributed by atoms with Crippen LogP contribution >= 0.6 is 0 Å². The van der Waals surface area contributed by atoms with Crippen LogP contribution in [0.1, 0.15) is 43.5 Å². The van der Waals surface area contributed by atoms with Gasteiger partial charge in [0.25, 0.3) is 5.69 Å². The van der Waals surface area contributed by atoms with E-state index in [2.05, 4.69) is 13.8 Å². The maximum Gasteiger partial charge on any atom is 0.340 e. The lowest BCUT2D eigenvalue weighted by atomic mass is 9.80. The zero-order valence-electron chi connectivity index (χ0n) is 12.2. The van der Waals surface area contributed by atoms with Gasteiger partial charge in [-0.1, -0.05) is 13.8 Å². The first-order valence-corrected chi connectivity index (χ1v) is 7.13. The molecule has 6 nitrogen and oxygen atoms in total. The second kappa shape index (κ2) is 6.11. The first-order valence-electron chi connectivity index (χ1n) is 7.13. The van der Waals surface area contributed by atoms with Crippen LogP contribution < -0.4 is 5.73 Å². The Kier molecular flexibility index (Phi) is 4.45. The Balaban J connectivity index is 2.05. The molecule has 3 unspecified atom stereocenters. The summed E-state index contributed by atoms with van der Waals surface area (Å²) in [5, 5.41) is 10.7. The molecule has 0 aromatic heterocycles. The number of nitro groups is 1. The van der Waals surface area contributed by atoms with Crippen molar-refractivity contribution in [3.05, 3.63) is 33.9 Å². The molecule has 0 amide bonds. The monoisotopic (exact) mass is 292 g/mol. The first-order chi connectivity index (χ1) is 9.88. The number of carbonyl (C=O) groups excluding carboxylic acids is 1. The van der Waals surface area contributed by atoms with Crippen LogP contribution in [0.25, 0.3) is 0 Å². The molecule has 21 heavy (non-hydrogen) atoms. The predicted octanol–water partition coefficient (Wildman–Crippen LogP) is 3.16. The zero-order chi connectivity index (χ0) is 15.6. The minimum atomic E-state index is -0.546. The molecule has 0 saturated heterocycles. The van der Waals surface area contributed by atoms with Gasteiger partial charge in [0, 0.05) is 12.1 Å². The number of rotatable bonds is 3. The topological polar surface area (TPSA) is 95.5 Å². The van der Waals surface area contributed by atoms with Gasteiger partial charge in [-0.15, -0.1) is 0 Å². The van der Waals surface area contributed by atoms with Gasteiger partial charge in [-0.05, 0) is 37.2 Å². The van der Waals surface area contributed by atoms with Crippen LogP contribution in [0.2, 0.25) is 0 Å². The van der Waals surface area contributed by atoms with Crippen LogP contribution in [0, 0.1) is 22.0 Å². The van der Waals surface area contributed by atoms with Crippen molar-refractivity contribution >= 4 is 17.3 Å². The number of nitrogens with zero attached hydrogens (tertiary/aromatic N) is 1. The summed E-state index contributed by atoms with van der Waals surface area (Å²) in [6.45, 7) is 4.36. The first kappa shape index (κ1) is 15.3. The second-order valence-electron chi connectivity index (χ2n) is 5.82. The quantitative estimate of drug-likeness (QED) is 0.399. The highest BCUT2D eigenvalue weighted by Crippen LogP contribution is 2.31. The Labute approximate surface area is 123 Å². The lowest BCUT2D eigenvalue weighted by Gasteiger charge is -2.31. The Morgan fingerprint density at radius 2 is 2.05 bits per heavy atom. The fraction of sp³-hybridized carbons (Fsp3) is 0.533. The summed E-state index contributed by atoms with van der Waals surface area (Å²) in [7, 11) is 0. The van der Waals surface area contributed by atoms with Gasteiger partial charge in [0.15, 0.2) is 0 Å². The van der Waals surface area contributed by atoms with E-state index in [0.717, 1.165) is 19.3 Å². The molecular formula is C15H20N2O4. The molecule has 2 N–H and O–H groups in total. The highest BCUT2D eigenvalue weighted by atomic mass is 16.6. The number of benzene rings is 1. The van der Waals surface area contributed by atoms with E-state index in [9.17, 15) is 14.9 Å². The lowest BCUT2D eigenvalue weighted by Crippen LogP contribution is -2.28. The second-order valence-corrected chi connectivity index (χ2v) is 5.82. The van der Waals surface area contributed by atoms with E-state index < -0.39 is 10.9 Å². The van der Waals surface area contributed by atoms with Gasteiger partial charge in [0.2, 0.25) is 0 Å². The van der Waals surface area contributed by atoms with Crippen molar-refractivity contribution in [3.8, 4) is 0 Å². The summed E-state index contributed by atoms with van der Waals surface area (Å²) in [6.07, 6.45) is 2.64. The molecule has 0 heterocycles. The Bertz CT molecular complexity index is 559. The fourth-order valence-electron chi connectivity index (χ4n) is 2.67. The van der Waals surface area contributed by atoms with E-state index in [1.54, 1.807) is 0 Å². The molecule has 0 bridgehead atoms. The number of hydrogen-bond donors (Lipinski definition) is 1. The largest absolute Gasteiger partial charge is 0.459 e. The van der Waals surface area contributed by atoms with Crippen molar-refractivity contribution in [1.82, 2.24) is 0 Å². The van der Waals surface area contributed by atoms with Gasteiger partial charge in [-0.2, -0.15) is 0 Å². The van der Waals surface area contributed by atoms with Crippen molar-refractivity contribution in [2.45, 2.75) is 39.2 Å². The summed E-state index contributed by atoms with van der Waals surface area (Å²) in [5.41, 5.74) is 5.84. The third-order valence-electron chi connectivity index (χ3n) is 4.29. The van der Waals surface area contributed by atoms with E-state index >= 15 is 0 Å². The highest BCUT2D eigenvalue weighted by molar-refractivity contribution is 5.95. The van der Waals surface area contributed by atoms with Gasteiger partial charge < -0.3 is 10.5 Å². The molecule has 3 atom stereocenters. The summed E-state index contributed by atoms with van der Waals surface area (Å²) in [5.74, 6) is 0.657. The molecule has 1 aliphatic carbocycles. The number of anilines is 1. The van der Waals surface area contributed by atoms with Gasteiger partial charge in [0.05, 0.1) is 16.2 Å². The van der Waals surface area contributed by atoms with E-state index in [1.165, 1.54) is 18.2 Å². The number of nitro benzene ring substituents is 1. The number of nitrogens with two attached hydrogens (primary N) is 1. The highest BCUT2D eigenvalue weighted by Gasteiger charge is 2.28. The number of carbonyl (C=O) groups is 1. The third-order valence-corrected chi connectivity index (χ3v) is 4.29. The average molecular weight is 292 g/mol. The van der Waals surface area contributed by atoms with Gasteiger partial charge in [-0.25, -0.2) is 4.79 Å². The normalized spacial score (nSPS) is 25.3. The number of nitrogen functional groups attached to an aromatic ring is 1. The summed E-state index contributed by atoms with van der Waals surface area (Å²) in [4.78, 5) is 22.2. The molecule has 0 aliphatic heterocycles. The number of hydrogen-bond acceptors (Lipinski definition) is 5. The van der Waals surface area contributed by atoms with Gasteiger partial charge in [-0.3, -0.25) is 10.1 Å². The van der Waals surface area contributed by atoms with Crippen molar-refractivity contribution < 1.29 is 14.5 Å². The molecular weight excluding hydrogens is 272 g/mol. The van der Waals surface area contributed by atoms with Crippen LogP contribution in [0.15, 0.2) is 18.2 Å². The van der Waals surface area contributed by atoms with E-state index in [1.807, 2.05) is 0 Å². The van der Waals surface area contributed by atoms with Crippen LogP contribution in [-0.4, -0.2) is 17.0 Å². The van der Waals surface area contributed by atoms with Crippen LogP contribution in [0.3, 0.4) is 0 Å². The summed E-state index contributed by atoms with van der Waals surface area (Å²) >= 11 is 0. The maximum absolute atomic E-state index is 12.1. The maximum atomic E-state index is 12.1. The molecule has 114 valence electrons. The lowest BCUT2D eigenvalue weighted by molar-refractivity contribution is -0.384. The molecule has 1 aromatic rings. The molecule has 0 radical (unpaired) electrons. The summed E-state index contributed by atoms with van der Waals surface area (Å²) in [6, 6.07) is 3.80. The van der Waals surface area contributed by atoms with Crippen LogP contribution in [0.4, 0.5) is 11.4 Å². The molecule has 6 heteroatoms. The smallest absolute Gasteiger partial charge is 0.340 e. The van der Waals surface area contributed by atoms with E-state index in [-0.39, 0.29) is 23.0 Å². The molecule has 1 saturated carbocycles. The molecule has 1 aromatic carbocycles. The Morgan fingerprint density at radius 3 is 2.62 bits per heavy atom. The minimum Gasteiger partial charge on any atom is -0.459 e. The van der Waals surface area contributed by atoms with E-state index in [4.69, 9.17) is 10.5 Å². The van der Waals surface area contributed by atoms with Gasteiger partial charge >= 0.3 is 5.97 Å². The van der Waals surface area contributed by atoms with E-state index in [0.29, 0.717) is 11.8 Å². The standard InChI is InChI=1S/C15H20N2O4/c1-9-3-5-12(7-10(9)2)21-15(18)13-6-4-11(17(19)20)8-14(13)16/h4,6,8-10,12H,3,5,7,16H2,1-2H3. The predicted molar refractivity (Wildman–Crippen MR) is 78.9 cm³/mol. The summed E-state index contributed by atoms with van der Waals surface area (Å²) < 4.78 is 5.49. The van der Waals surface area contributed by atoms with Gasteiger partial charge in [0.1, 0.15) is 6.10 Å². The van der Waals surface area contributed by atoms with Crippen molar-refractivity contribution in [2.75, 3.05) is 5.73 Å². The molecule has 1 aliphatic rings. The van der Waals surface area contributed by atoms with Crippen LogP contribution in [-0.2, 0) is 4.74 Å². The zero-order valence-corrected chi connectivity index (χ0v) is 12.2. The number of non-ortho nitro benzene ring substituents is 1. The Morgan fingerprint density at radius 1 is 1.33 bits per heavy atom.